The summed E-state index contributed by atoms with van der Waals surface area (Å²) in [4.78, 5) is 11.3. The molecule has 0 aliphatic rings. The van der Waals surface area contributed by atoms with Gasteiger partial charge < -0.3 is 9.26 Å². The van der Waals surface area contributed by atoms with Gasteiger partial charge >= 0.3 is 5.97 Å². The van der Waals surface area contributed by atoms with E-state index < -0.39 is 16.0 Å². The third-order valence-electron chi connectivity index (χ3n) is 3.26. The van der Waals surface area contributed by atoms with Crippen LogP contribution in [0.4, 0.5) is 0 Å². The van der Waals surface area contributed by atoms with Gasteiger partial charge in [0.15, 0.2) is 0 Å². The first-order valence-electron chi connectivity index (χ1n) is 6.55. The number of nitrogens with zero attached hydrogens (tertiary/aromatic N) is 1. The van der Waals surface area contributed by atoms with E-state index in [1.165, 1.54) is 25.3 Å². The molecule has 0 unspecified atom stereocenters. The number of hydrogen-bond acceptors (Lipinski definition) is 6. The van der Waals surface area contributed by atoms with Crippen molar-refractivity contribution < 1.29 is 22.5 Å². The Balaban J connectivity index is 2.24. The Morgan fingerprint density at radius 1 is 1.39 bits per heavy atom. The highest BCUT2D eigenvalue weighted by Crippen LogP contribution is 2.23. The van der Waals surface area contributed by atoms with Gasteiger partial charge in [0.1, 0.15) is 10.7 Å². The second-order valence-electron chi connectivity index (χ2n) is 4.76. The molecule has 0 saturated carbocycles. The first-order chi connectivity index (χ1) is 10.8. The summed E-state index contributed by atoms with van der Waals surface area (Å²) < 4.78 is 36.7. The lowest BCUT2D eigenvalue weighted by Gasteiger charge is -2.09. The van der Waals surface area contributed by atoms with Gasteiger partial charge in [-0.25, -0.2) is 17.9 Å². The molecule has 0 saturated heterocycles. The Kier molecular flexibility index (Phi) is 5.08. The Morgan fingerprint density at radius 3 is 2.61 bits per heavy atom. The van der Waals surface area contributed by atoms with Crippen LogP contribution >= 0.6 is 11.6 Å². The van der Waals surface area contributed by atoms with Crippen molar-refractivity contribution in [3.05, 3.63) is 45.8 Å². The molecular weight excluding hydrogens is 344 g/mol. The van der Waals surface area contributed by atoms with Crippen LogP contribution in [-0.2, 0) is 21.3 Å². The van der Waals surface area contributed by atoms with E-state index in [0.717, 1.165) is 0 Å². The number of ether oxygens (including phenoxy) is 1. The molecule has 0 bridgehead atoms. The number of methoxy groups -OCH3 is 1. The van der Waals surface area contributed by atoms with Gasteiger partial charge in [-0.05, 0) is 32.0 Å². The van der Waals surface area contributed by atoms with Crippen molar-refractivity contribution in [2.24, 2.45) is 0 Å². The van der Waals surface area contributed by atoms with Gasteiger partial charge in [-0.15, -0.1) is 0 Å². The number of esters is 1. The predicted molar refractivity (Wildman–Crippen MR) is 82.8 cm³/mol. The number of aryl methyl sites for hydroxylation is 2. The molecule has 0 aliphatic heterocycles. The zero-order valence-corrected chi connectivity index (χ0v) is 14.3. The number of sulfonamides is 1. The molecule has 1 aromatic heterocycles. The quantitative estimate of drug-likeness (QED) is 0.823. The van der Waals surface area contributed by atoms with Crippen molar-refractivity contribution in [1.29, 1.82) is 0 Å². The summed E-state index contributed by atoms with van der Waals surface area (Å²) in [6.45, 7) is 3.44. The second kappa shape index (κ2) is 6.69. The minimum Gasteiger partial charge on any atom is -0.465 e. The van der Waals surface area contributed by atoms with Crippen molar-refractivity contribution >= 4 is 27.6 Å². The number of benzene rings is 1. The van der Waals surface area contributed by atoms with Gasteiger partial charge in [0.25, 0.3) is 0 Å². The van der Waals surface area contributed by atoms with E-state index in [-0.39, 0.29) is 22.0 Å². The van der Waals surface area contributed by atoms with E-state index in [2.05, 4.69) is 14.6 Å². The number of carbonyl (C=O) groups is 1. The topological polar surface area (TPSA) is 98.5 Å². The van der Waals surface area contributed by atoms with Gasteiger partial charge in [0.2, 0.25) is 10.0 Å². The molecule has 0 amide bonds. The van der Waals surface area contributed by atoms with Crippen LogP contribution in [-0.4, -0.2) is 26.7 Å². The van der Waals surface area contributed by atoms with E-state index >= 15 is 0 Å². The lowest BCUT2D eigenvalue weighted by Crippen LogP contribution is -2.24. The summed E-state index contributed by atoms with van der Waals surface area (Å²) in [5, 5.41) is 3.69. The highest BCUT2D eigenvalue weighted by Gasteiger charge is 2.21. The van der Waals surface area contributed by atoms with E-state index in [4.69, 9.17) is 16.1 Å². The molecule has 0 radical (unpaired) electrons. The standard InChI is InChI=1S/C14H15ClN2O5S/c1-8-11(9(2)22-17-8)7-16-23(19,20)13-5-4-10(6-12(13)15)14(18)21-3/h4-6,16H,7H2,1-3H3. The molecule has 124 valence electrons. The minimum atomic E-state index is -3.85. The molecule has 0 spiro atoms. The first kappa shape index (κ1) is 17.5. The monoisotopic (exact) mass is 358 g/mol. The van der Waals surface area contributed by atoms with E-state index in [1.54, 1.807) is 13.8 Å². The Hall–Kier alpha value is -1.90. The highest BCUT2D eigenvalue weighted by molar-refractivity contribution is 7.89. The largest absolute Gasteiger partial charge is 0.465 e. The van der Waals surface area contributed by atoms with Crippen LogP contribution in [0.1, 0.15) is 27.4 Å². The fourth-order valence-electron chi connectivity index (χ4n) is 1.96. The van der Waals surface area contributed by atoms with Crippen LogP contribution in [0.15, 0.2) is 27.6 Å². The van der Waals surface area contributed by atoms with E-state index in [0.29, 0.717) is 17.0 Å². The highest BCUT2D eigenvalue weighted by atomic mass is 35.5. The van der Waals surface area contributed by atoms with Gasteiger partial charge in [-0.1, -0.05) is 16.8 Å². The van der Waals surface area contributed by atoms with Crippen molar-refractivity contribution in [1.82, 2.24) is 9.88 Å². The predicted octanol–water partition coefficient (Wildman–Crippen LogP) is 2.21. The third kappa shape index (κ3) is 3.72. The Labute approximate surface area is 138 Å². The van der Waals surface area contributed by atoms with Gasteiger partial charge in [-0.2, -0.15) is 0 Å². The fourth-order valence-corrected chi connectivity index (χ4v) is 3.50. The molecule has 1 aromatic carbocycles. The maximum absolute atomic E-state index is 12.4. The molecular formula is C14H15ClN2O5S. The van der Waals surface area contributed by atoms with E-state index in [9.17, 15) is 13.2 Å². The molecule has 2 aromatic rings. The van der Waals surface area contributed by atoms with Crippen molar-refractivity contribution in [3.63, 3.8) is 0 Å². The van der Waals surface area contributed by atoms with Gasteiger partial charge in [0.05, 0.1) is 23.4 Å². The van der Waals surface area contributed by atoms with Crippen LogP contribution in [0, 0.1) is 13.8 Å². The lowest BCUT2D eigenvalue weighted by molar-refractivity contribution is 0.0600. The van der Waals surface area contributed by atoms with Gasteiger partial charge in [-0.3, -0.25) is 0 Å². The molecule has 2 rings (SSSR count). The average Bonchev–Trinajstić information content (AvgIpc) is 2.82. The van der Waals surface area contributed by atoms with Crippen LogP contribution < -0.4 is 4.72 Å². The maximum Gasteiger partial charge on any atom is 0.337 e. The average molecular weight is 359 g/mol. The summed E-state index contributed by atoms with van der Waals surface area (Å²) in [5.41, 5.74) is 1.44. The van der Waals surface area contributed by atoms with Crippen LogP contribution in [0.2, 0.25) is 5.02 Å². The summed E-state index contributed by atoms with van der Waals surface area (Å²) in [5.74, 6) is -0.0585. The maximum atomic E-state index is 12.4. The summed E-state index contributed by atoms with van der Waals surface area (Å²) in [7, 11) is -2.63. The first-order valence-corrected chi connectivity index (χ1v) is 8.41. The van der Waals surface area contributed by atoms with Crippen LogP contribution in [0.3, 0.4) is 0 Å². The normalized spacial score (nSPS) is 11.5. The summed E-state index contributed by atoms with van der Waals surface area (Å²) in [6, 6.07) is 3.84. The number of rotatable bonds is 5. The number of halogens is 1. The van der Waals surface area contributed by atoms with E-state index in [1.807, 2.05) is 0 Å². The second-order valence-corrected chi connectivity index (χ2v) is 6.91. The number of aromatic nitrogens is 1. The molecule has 7 nitrogen and oxygen atoms in total. The lowest BCUT2D eigenvalue weighted by atomic mass is 10.2. The van der Waals surface area contributed by atoms with Crippen molar-refractivity contribution in [2.75, 3.05) is 7.11 Å². The van der Waals surface area contributed by atoms with Crippen molar-refractivity contribution in [2.45, 2.75) is 25.3 Å². The number of nitrogens with one attached hydrogen (secondary N) is 1. The van der Waals surface area contributed by atoms with Crippen LogP contribution in [0.25, 0.3) is 0 Å². The number of hydrogen-bond donors (Lipinski definition) is 1. The van der Waals surface area contributed by atoms with Crippen LogP contribution in [0.5, 0.6) is 0 Å². The molecule has 0 fully saturated rings. The zero-order chi connectivity index (χ0) is 17.2. The molecule has 0 aliphatic carbocycles. The molecule has 9 heteroatoms. The Bertz CT molecular complexity index is 825. The SMILES string of the molecule is COC(=O)c1ccc(S(=O)(=O)NCc2c(C)noc2C)c(Cl)c1. The fraction of sp³-hybridized carbons (Fsp3) is 0.286. The summed E-state index contributed by atoms with van der Waals surface area (Å²) >= 11 is 5.98. The van der Waals surface area contributed by atoms with Crippen molar-refractivity contribution in [3.8, 4) is 0 Å². The Morgan fingerprint density at radius 2 is 2.09 bits per heavy atom. The van der Waals surface area contributed by atoms with Gasteiger partial charge in [0, 0.05) is 12.1 Å². The zero-order valence-electron chi connectivity index (χ0n) is 12.7. The third-order valence-corrected chi connectivity index (χ3v) is 5.15. The number of carbonyl (C=O) groups excluding carboxylic acids is 1. The molecule has 1 N–H and O–H groups in total. The summed E-state index contributed by atoms with van der Waals surface area (Å²) in [6.07, 6.45) is 0. The smallest absolute Gasteiger partial charge is 0.337 e. The molecule has 1 heterocycles. The molecule has 23 heavy (non-hydrogen) atoms. The minimum absolute atomic E-state index is 0.0264. The molecule has 0 atom stereocenters.